The van der Waals surface area contributed by atoms with E-state index in [1.807, 2.05) is 0 Å². The molecule has 0 aromatic carbocycles. The second-order valence-electron chi connectivity index (χ2n) is 10.8. The first kappa shape index (κ1) is 24.0. The zero-order chi connectivity index (χ0) is 21.1. The predicted octanol–water partition coefficient (Wildman–Crippen LogP) is 2.15. The maximum absolute atomic E-state index is 14.8. The highest BCUT2D eigenvalue weighted by Crippen LogP contribution is 2.31. The molecular formula is C22H45FN4O. The Bertz CT molecular complexity index is 482. The van der Waals surface area contributed by atoms with E-state index in [2.05, 4.69) is 68.3 Å². The van der Waals surface area contributed by atoms with Crippen LogP contribution in [0, 0.1) is 5.92 Å². The van der Waals surface area contributed by atoms with Crippen molar-refractivity contribution in [3.8, 4) is 0 Å². The number of hydrogen-bond donors (Lipinski definition) is 1. The van der Waals surface area contributed by atoms with Crippen LogP contribution in [-0.4, -0.2) is 115 Å². The fraction of sp³-hybridized carbons (Fsp3) is 1.00. The quantitative estimate of drug-likeness (QED) is 0.641. The Hall–Kier alpha value is -0.270. The minimum Gasteiger partial charge on any atom is -0.392 e. The minimum absolute atomic E-state index is 0.0223. The van der Waals surface area contributed by atoms with E-state index in [4.69, 9.17) is 0 Å². The summed E-state index contributed by atoms with van der Waals surface area (Å²) < 4.78 is 14.8. The summed E-state index contributed by atoms with van der Waals surface area (Å²) in [6.07, 6.45) is 0.895. The summed E-state index contributed by atoms with van der Waals surface area (Å²) in [7, 11) is 4.31. The molecule has 0 bridgehead atoms. The second-order valence-corrected chi connectivity index (χ2v) is 10.8. The highest BCUT2D eigenvalue weighted by molar-refractivity contribution is 4.92. The van der Waals surface area contributed by atoms with Crippen molar-refractivity contribution in [2.75, 3.05) is 66.5 Å². The zero-order valence-electron chi connectivity index (χ0n) is 19.4. The van der Waals surface area contributed by atoms with E-state index in [0.717, 1.165) is 58.7 Å². The molecule has 1 N–H and O–H groups in total. The normalized spacial score (nSPS) is 28.2. The summed E-state index contributed by atoms with van der Waals surface area (Å²) >= 11 is 0. The molecule has 0 radical (unpaired) electrons. The molecule has 2 fully saturated rings. The molecule has 166 valence electrons. The number of aliphatic hydroxyl groups excluding tert-OH is 1. The molecule has 0 aromatic heterocycles. The molecule has 2 saturated heterocycles. The van der Waals surface area contributed by atoms with E-state index in [1.165, 1.54) is 0 Å². The summed E-state index contributed by atoms with van der Waals surface area (Å²) in [4.78, 5) is 9.36. The molecule has 28 heavy (non-hydrogen) atoms. The van der Waals surface area contributed by atoms with E-state index in [1.54, 1.807) is 0 Å². The van der Waals surface area contributed by atoms with Crippen molar-refractivity contribution in [2.45, 2.75) is 70.8 Å². The first-order chi connectivity index (χ1) is 12.9. The Morgan fingerprint density at radius 1 is 0.929 bits per heavy atom. The third kappa shape index (κ3) is 6.91. The Kier molecular flexibility index (Phi) is 8.31. The average Bonchev–Trinajstić information content (AvgIpc) is 3.14. The lowest BCUT2D eigenvalue weighted by molar-refractivity contribution is 0.0952. The SMILES string of the molecule is CN(CCN1CC(CC(C)(C)N(C)CCN2CC[C@@H](O)C2)[C@@H](F)C1)C(C)(C)C. The number of β-amino-alcohol motifs (C(OH)–C–C–N with tert-alkyl or cyclic N) is 1. The summed E-state index contributed by atoms with van der Waals surface area (Å²) in [5, 5.41) is 9.69. The second kappa shape index (κ2) is 9.69. The lowest BCUT2D eigenvalue weighted by Crippen LogP contribution is -2.47. The van der Waals surface area contributed by atoms with Gasteiger partial charge in [-0.25, -0.2) is 4.39 Å². The first-order valence-corrected chi connectivity index (χ1v) is 11.1. The number of hydrogen-bond acceptors (Lipinski definition) is 5. The Balaban J connectivity index is 1.77. The molecule has 0 saturated carbocycles. The van der Waals surface area contributed by atoms with Gasteiger partial charge in [-0.15, -0.1) is 0 Å². The number of likely N-dealkylation sites (tertiary alicyclic amines) is 2. The van der Waals surface area contributed by atoms with Gasteiger partial charge in [-0.3, -0.25) is 14.7 Å². The molecule has 2 aliphatic rings. The molecule has 0 aliphatic carbocycles. The summed E-state index contributed by atoms with van der Waals surface area (Å²) in [6.45, 7) is 18.2. The van der Waals surface area contributed by atoms with Crippen molar-refractivity contribution >= 4 is 0 Å². The number of likely N-dealkylation sites (N-methyl/N-ethyl adjacent to an activating group) is 2. The van der Waals surface area contributed by atoms with E-state index in [9.17, 15) is 9.50 Å². The van der Waals surface area contributed by atoms with Crippen LogP contribution in [-0.2, 0) is 0 Å². The van der Waals surface area contributed by atoms with Crippen LogP contribution >= 0.6 is 0 Å². The standard InChI is InChI=1S/C22H45FN4O/c1-21(2,3)24(6)10-13-27-15-18(20(23)17-27)14-22(4,5)25(7)11-12-26-9-8-19(28)16-26/h18-20,28H,8-17H2,1-7H3/t18?,19-,20+/m1/s1. The monoisotopic (exact) mass is 400 g/mol. The van der Waals surface area contributed by atoms with Gasteiger partial charge in [0.1, 0.15) is 6.17 Å². The zero-order valence-corrected chi connectivity index (χ0v) is 19.4. The molecule has 2 heterocycles. The van der Waals surface area contributed by atoms with E-state index in [-0.39, 0.29) is 23.1 Å². The number of rotatable bonds is 9. The lowest BCUT2D eigenvalue weighted by atomic mass is 9.88. The van der Waals surface area contributed by atoms with Crippen LogP contribution < -0.4 is 0 Å². The number of aliphatic hydroxyl groups is 1. The maximum Gasteiger partial charge on any atom is 0.117 e. The van der Waals surface area contributed by atoms with Gasteiger partial charge in [0.25, 0.3) is 0 Å². The molecule has 0 amide bonds. The Morgan fingerprint density at radius 3 is 2.11 bits per heavy atom. The largest absolute Gasteiger partial charge is 0.392 e. The van der Waals surface area contributed by atoms with Crippen LogP contribution in [0.25, 0.3) is 0 Å². The van der Waals surface area contributed by atoms with Crippen molar-refractivity contribution in [1.82, 2.24) is 19.6 Å². The van der Waals surface area contributed by atoms with Crippen molar-refractivity contribution in [3.05, 3.63) is 0 Å². The van der Waals surface area contributed by atoms with E-state index in [0.29, 0.717) is 6.54 Å². The van der Waals surface area contributed by atoms with Crippen molar-refractivity contribution < 1.29 is 9.50 Å². The van der Waals surface area contributed by atoms with Crippen LogP contribution in [0.15, 0.2) is 0 Å². The van der Waals surface area contributed by atoms with Gasteiger partial charge >= 0.3 is 0 Å². The molecule has 1 unspecified atom stereocenters. The van der Waals surface area contributed by atoms with Gasteiger partial charge in [-0.1, -0.05) is 0 Å². The van der Waals surface area contributed by atoms with Gasteiger partial charge in [0.15, 0.2) is 0 Å². The van der Waals surface area contributed by atoms with Crippen LogP contribution in [0.4, 0.5) is 4.39 Å². The average molecular weight is 401 g/mol. The highest BCUT2D eigenvalue weighted by atomic mass is 19.1. The lowest BCUT2D eigenvalue weighted by Gasteiger charge is -2.39. The van der Waals surface area contributed by atoms with Gasteiger partial charge < -0.3 is 10.0 Å². The number of alkyl halides is 1. The van der Waals surface area contributed by atoms with Crippen molar-refractivity contribution in [3.63, 3.8) is 0 Å². The third-order valence-corrected chi connectivity index (χ3v) is 7.13. The molecule has 2 aliphatic heterocycles. The van der Waals surface area contributed by atoms with Gasteiger partial charge in [0, 0.05) is 69.4 Å². The van der Waals surface area contributed by atoms with Crippen LogP contribution in [0.2, 0.25) is 0 Å². The molecule has 5 nitrogen and oxygen atoms in total. The minimum atomic E-state index is -0.721. The smallest absolute Gasteiger partial charge is 0.117 e. The van der Waals surface area contributed by atoms with Gasteiger partial charge in [-0.05, 0) is 61.6 Å². The first-order valence-electron chi connectivity index (χ1n) is 11.1. The van der Waals surface area contributed by atoms with E-state index >= 15 is 0 Å². The summed E-state index contributed by atoms with van der Waals surface area (Å²) in [5.41, 5.74) is 0.135. The van der Waals surface area contributed by atoms with Crippen molar-refractivity contribution in [2.24, 2.45) is 5.92 Å². The Morgan fingerprint density at radius 2 is 1.54 bits per heavy atom. The van der Waals surface area contributed by atoms with E-state index < -0.39 is 6.17 Å². The predicted molar refractivity (Wildman–Crippen MR) is 116 cm³/mol. The molecule has 2 rings (SSSR count). The molecule has 6 heteroatoms. The maximum atomic E-state index is 14.8. The van der Waals surface area contributed by atoms with Crippen molar-refractivity contribution in [1.29, 1.82) is 0 Å². The number of nitrogens with zero attached hydrogens (tertiary/aromatic N) is 4. The topological polar surface area (TPSA) is 33.2 Å². The fourth-order valence-corrected chi connectivity index (χ4v) is 4.32. The third-order valence-electron chi connectivity index (χ3n) is 7.13. The van der Waals surface area contributed by atoms with Gasteiger partial charge in [0.2, 0.25) is 0 Å². The van der Waals surface area contributed by atoms with Gasteiger partial charge in [0.05, 0.1) is 6.10 Å². The Labute approximate surface area is 172 Å². The molecular weight excluding hydrogens is 355 g/mol. The fourth-order valence-electron chi connectivity index (χ4n) is 4.32. The van der Waals surface area contributed by atoms with Crippen LogP contribution in [0.3, 0.4) is 0 Å². The molecule has 0 spiro atoms. The number of halogens is 1. The molecule has 0 aromatic rings. The highest BCUT2D eigenvalue weighted by Gasteiger charge is 2.38. The summed E-state index contributed by atoms with van der Waals surface area (Å²) in [6, 6.07) is 0. The van der Waals surface area contributed by atoms with Crippen LogP contribution in [0.1, 0.15) is 47.5 Å². The summed E-state index contributed by atoms with van der Waals surface area (Å²) in [5.74, 6) is 0.117. The van der Waals surface area contributed by atoms with Gasteiger partial charge in [-0.2, -0.15) is 0 Å². The van der Waals surface area contributed by atoms with Crippen LogP contribution in [0.5, 0.6) is 0 Å². The molecule has 3 atom stereocenters.